The molecule has 0 unspecified atom stereocenters. The first-order chi connectivity index (χ1) is 13.4. The van der Waals surface area contributed by atoms with Crippen LogP contribution in [-0.2, 0) is 11.2 Å². The minimum Gasteiger partial charge on any atom is -0.492 e. The molecule has 148 valence electrons. The first kappa shape index (κ1) is 19.9. The molecule has 28 heavy (non-hydrogen) atoms. The summed E-state index contributed by atoms with van der Waals surface area (Å²) in [6.07, 6.45) is 1.57. The van der Waals surface area contributed by atoms with Gasteiger partial charge in [0, 0.05) is 17.8 Å². The van der Waals surface area contributed by atoms with Crippen molar-refractivity contribution < 1.29 is 14.3 Å². The smallest absolute Gasteiger partial charge is 0.255 e. The Morgan fingerprint density at radius 2 is 1.89 bits per heavy atom. The van der Waals surface area contributed by atoms with Crippen molar-refractivity contribution in [3.63, 3.8) is 0 Å². The lowest BCUT2D eigenvalue weighted by Crippen LogP contribution is -2.38. The highest BCUT2D eigenvalue weighted by Gasteiger charge is 2.26. The third kappa shape index (κ3) is 5.12. The van der Waals surface area contributed by atoms with E-state index < -0.39 is 0 Å². The van der Waals surface area contributed by atoms with Crippen LogP contribution in [0.3, 0.4) is 0 Å². The lowest BCUT2D eigenvalue weighted by molar-refractivity contribution is -0.126. The van der Waals surface area contributed by atoms with Gasteiger partial charge in [0.1, 0.15) is 12.4 Å². The minimum atomic E-state index is -0.206. The van der Waals surface area contributed by atoms with Crippen LogP contribution in [0.2, 0.25) is 0 Å². The number of hydrogen-bond acceptors (Lipinski definition) is 3. The molecule has 2 N–H and O–H groups in total. The molecule has 2 aromatic carbocycles. The fourth-order valence-corrected chi connectivity index (χ4v) is 3.18. The molecule has 5 heteroatoms. The van der Waals surface area contributed by atoms with Crippen LogP contribution >= 0.6 is 0 Å². The fourth-order valence-electron chi connectivity index (χ4n) is 3.18. The van der Waals surface area contributed by atoms with Crippen molar-refractivity contribution in [1.82, 2.24) is 5.32 Å². The molecular weight excluding hydrogens is 352 g/mol. The van der Waals surface area contributed by atoms with Gasteiger partial charge < -0.3 is 15.4 Å². The van der Waals surface area contributed by atoms with Gasteiger partial charge in [-0.25, -0.2) is 0 Å². The Morgan fingerprint density at radius 1 is 1.14 bits per heavy atom. The second-order valence-corrected chi connectivity index (χ2v) is 7.83. The molecule has 0 radical (unpaired) electrons. The molecule has 3 rings (SSSR count). The van der Waals surface area contributed by atoms with Crippen molar-refractivity contribution in [2.75, 3.05) is 18.5 Å². The van der Waals surface area contributed by atoms with Crippen LogP contribution in [0.5, 0.6) is 5.75 Å². The predicted octanol–water partition coefficient (Wildman–Crippen LogP) is 3.96. The zero-order valence-corrected chi connectivity index (χ0v) is 16.7. The average Bonchev–Trinajstić information content (AvgIpc) is 2.67. The predicted molar refractivity (Wildman–Crippen MR) is 111 cm³/mol. The Hall–Kier alpha value is -2.82. The number of anilines is 1. The van der Waals surface area contributed by atoms with Crippen LogP contribution in [-0.4, -0.2) is 25.0 Å². The molecule has 0 aromatic heterocycles. The highest BCUT2D eigenvalue weighted by atomic mass is 16.5. The van der Waals surface area contributed by atoms with E-state index >= 15 is 0 Å². The monoisotopic (exact) mass is 380 g/mol. The van der Waals surface area contributed by atoms with Crippen LogP contribution in [0.25, 0.3) is 0 Å². The number of benzene rings is 2. The number of fused-ring (bicyclic) bond motifs is 1. The maximum absolute atomic E-state index is 12.4. The Kier molecular flexibility index (Phi) is 6.34. The number of rotatable bonds is 6. The van der Waals surface area contributed by atoms with Crippen molar-refractivity contribution in [3.05, 3.63) is 59.2 Å². The van der Waals surface area contributed by atoms with Crippen LogP contribution in [0.4, 0.5) is 5.69 Å². The van der Waals surface area contributed by atoms with Crippen LogP contribution < -0.4 is 15.4 Å². The summed E-state index contributed by atoms with van der Waals surface area (Å²) in [6.45, 7) is 7.33. The van der Waals surface area contributed by atoms with Crippen molar-refractivity contribution in [2.24, 2.45) is 11.8 Å². The van der Waals surface area contributed by atoms with E-state index in [1.807, 2.05) is 49.4 Å². The lowest BCUT2D eigenvalue weighted by Gasteiger charge is -2.25. The van der Waals surface area contributed by atoms with Gasteiger partial charge >= 0.3 is 0 Å². The number of carbonyl (C=O) groups is 2. The maximum atomic E-state index is 12.4. The summed E-state index contributed by atoms with van der Waals surface area (Å²) in [7, 11) is 0. The fraction of sp³-hybridized carbons (Fsp3) is 0.391. The van der Waals surface area contributed by atoms with Gasteiger partial charge in [0.25, 0.3) is 5.91 Å². The molecular formula is C23H28N2O3. The molecule has 0 spiro atoms. The maximum Gasteiger partial charge on any atom is 0.255 e. The normalized spacial score (nSPS) is 15.5. The second-order valence-electron chi connectivity index (χ2n) is 7.83. The van der Waals surface area contributed by atoms with E-state index in [0.717, 1.165) is 23.3 Å². The standard InChI is InChI=1S/C23H28N2O3/c1-15(2)10-11-24-22(26)19-12-18-13-20(8-9-21(18)28-14-19)25-23(27)17-6-4-16(3)5-7-17/h4-9,13,15,19H,10-12,14H2,1-3H3,(H,24,26)(H,25,27)/t19-/m0/s1. The summed E-state index contributed by atoms with van der Waals surface area (Å²) in [6, 6.07) is 13.0. The summed E-state index contributed by atoms with van der Waals surface area (Å²) in [5.41, 5.74) is 3.37. The number of amides is 2. The minimum absolute atomic E-state index is 0.0281. The molecule has 1 aliphatic heterocycles. The zero-order valence-electron chi connectivity index (χ0n) is 16.7. The largest absolute Gasteiger partial charge is 0.492 e. The van der Waals surface area contributed by atoms with Crippen molar-refractivity contribution in [2.45, 2.75) is 33.6 Å². The quantitative estimate of drug-likeness (QED) is 0.797. The van der Waals surface area contributed by atoms with Crippen LogP contribution in [0.1, 0.15) is 41.8 Å². The Balaban J connectivity index is 1.63. The van der Waals surface area contributed by atoms with Crippen LogP contribution in [0, 0.1) is 18.8 Å². The van der Waals surface area contributed by atoms with Gasteiger partial charge in [-0.1, -0.05) is 31.5 Å². The van der Waals surface area contributed by atoms with Gasteiger partial charge in [-0.05, 0) is 61.6 Å². The molecule has 1 atom stereocenters. The zero-order chi connectivity index (χ0) is 20.1. The van der Waals surface area contributed by atoms with Gasteiger partial charge in [0.05, 0.1) is 5.92 Å². The SMILES string of the molecule is Cc1ccc(C(=O)Nc2ccc3c(c2)C[C@H](C(=O)NCCC(C)C)CO3)cc1. The summed E-state index contributed by atoms with van der Waals surface area (Å²) in [4.78, 5) is 24.8. The molecule has 2 aromatic rings. The Labute approximate surface area is 166 Å². The van der Waals surface area contributed by atoms with Gasteiger partial charge in [-0.15, -0.1) is 0 Å². The number of hydrogen-bond donors (Lipinski definition) is 2. The van der Waals surface area contributed by atoms with E-state index in [1.165, 1.54) is 0 Å². The first-order valence-electron chi connectivity index (χ1n) is 9.84. The number of aryl methyl sites for hydroxylation is 1. The average molecular weight is 380 g/mol. The summed E-state index contributed by atoms with van der Waals surface area (Å²) in [5.74, 6) is 1.01. The van der Waals surface area contributed by atoms with Gasteiger partial charge in [0.15, 0.2) is 0 Å². The number of carbonyl (C=O) groups excluding carboxylic acids is 2. The van der Waals surface area contributed by atoms with Gasteiger partial charge in [0.2, 0.25) is 5.91 Å². The Morgan fingerprint density at radius 3 is 2.61 bits per heavy atom. The van der Waals surface area contributed by atoms with Crippen molar-refractivity contribution >= 4 is 17.5 Å². The highest BCUT2D eigenvalue weighted by Crippen LogP contribution is 2.30. The number of nitrogens with one attached hydrogen (secondary N) is 2. The molecule has 1 aliphatic rings. The summed E-state index contributed by atoms with van der Waals surface area (Å²) < 4.78 is 5.77. The molecule has 2 amide bonds. The van der Waals surface area contributed by atoms with Crippen LogP contribution in [0.15, 0.2) is 42.5 Å². The second kappa shape index (κ2) is 8.91. The molecule has 0 aliphatic carbocycles. The first-order valence-corrected chi connectivity index (χ1v) is 9.84. The highest BCUT2D eigenvalue weighted by molar-refractivity contribution is 6.04. The Bertz CT molecular complexity index is 843. The molecule has 0 saturated heterocycles. The van der Waals surface area contributed by atoms with Gasteiger partial charge in [-0.2, -0.15) is 0 Å². The summed E-state index contributed by atoms with van der Waals surface area (Å²) in [5, 5.41) is 5.92. The van der Waals surface area contributed by atoms with Crippen molar-refractivity contribution in [1.29, 1.82) is 0 Å². The lowest BCUT2D eigenvalue weighted by atomic mass is 9.95. The molecule has 0 bridgehead atoms. The van der Waals surface area contributed by atoms with E-state index in [1.54, 1.807) is 0 Å². The molecule has 5 nitrogen and oxygen atoms in total. The summed E-state index contributed by atoms with van der Waals surface area (Å²) >= 11 is 0. The molecule has 0 saturated carbocycles. The number of ether oxygens (including phenoxy) is 1. The van der Waals surface area contributed by atoms with E-state index in [2.05, 4.69) is 24.5 Å². The van der Waals surface area contributed by atoms with E-state index in [9.17, 15) is 9.59 Å². The van der Waals surface area contributed by atoms with E-state index in [4.69, 9.17) is 4.74 Å². The molecule has 0 fully saturated rings. The topological polar surface area (TPSA) is 67.4 Å². The van der Waals surface area contributed by atoms with Crippen molar-refractivity contribution in [3.8, 4) is 5.75 Å². The van der Waals surface area contributed by atoms with E-state index in [-0.39, 0.29) is 17.7 Å². The van der Waals surface area contributed by atoms with Gasteiger partial charge in [-0.3, -0.25) is 9.59 Å². The molecule has 1 heterocycles. The van der Waals surface area contributed by atoms with E-state index in [0.29, 0.717) is 36.7 Å². The third-order valence-electron chi connectivity index (χ3n) is 4.93. The third-order valence-corrected chi connectivity index (χ3v) is 4.93.